The van der Waals surface area contributed by atoms with Crippen molar-refractivity contribution in [1.82, 2.24) is 24.5 Å². The highest BCUT2D eigenvalue weighted by Crippen LogP contribution is 2.50. The minimum atomic E-state index is -0.108. The zero-order chi connectivity index (χ0) is 28.4. The molecular formula is C33H38N6O2. The fraction of sp³-hybridized carbons (Fsp3) is 0.455. The molecule has 3 aliphatic rings. The molecule has 1 aromatic carbocycles. The highest BCUT2D eigenvalue weighted by Gasteiger charge is 2.58. The molecule has 41 heavy (non-hydrogen) atoms. The first-order valence-electron chi connectivity index (χ1n) is 14.8. The second-order valence-electron chi connectivity index (χ2n) is 12.9. The second kappa shape index (κ2) is 9.57. The lowest BCUT2D eigenvalue weighted by Gasteiger charge is -2.59. The van der Waals surface area contributed by atoms with Gasteiger partial charge in [0.2, 0.25) is 11.7 Å². The number of rotatable bonds is 6. The van der Waals surface area contributed by atoms with E-state index in [4.69, 9.17) is 4.74 Å². The van der Waals surface area contributed by atoms with Gasteiger partial charge in [-0.15, -0.1) is 5.10 Å². The van der Waals surface area contributed by atoms with E-state index in [0.29, 0.717) is 24.9 Å². The Kier molecular flexibility index (Phi) is 6.07. The molecule has 0 N–H and O–H groups in total. The number of amides is 1. The third-order valence-electron chi connectivity index (χ3n) is 9.59. The molecule has 3 fully saturated rings. The van der Waals surface area contributed by atoms with Gasteiger partial charge >= 0.3 is 0 Å². The van der Waals surface area contributed by atoms with Crippen LogP contribution < -0.4 is 9.64 Å². The summed E-state index contributed by atoms with van der Waals surface area (Å²) in [6.07, 6.45) is 5.25. The molecule has 5 heterocycles. The SMILES string of the molecule is Cc1cc(N2CC[C@](C)(c3ccccc3)C2)cn2nc(C(=O)N3CC4(CCC4Oc4cccc(C(C)C)n4)C3)nc12. The molecule has 2 atom stereocenters. The van der Waals surface area contributed by atoms with Gasteiger partial charge in [-0.3, -0.25) is 4.79 Å². The molecule has 1 spiro atoms. The highest BCUT2D eigenvalue weighted by atomic mass is 16.5. The molecule has 1 unspecified atom stereocenters. The number of carbonyl (C=O) groups excluding carboxylic acids is 1. The predicted molar refractivity (Wildman–Crippen MR) is 159 cm³/mol. The maximum absolute atomic E-state index is 13.4. The van der Waals surface area contributed by atoms with E-state index < -0.39 is 0 Å². The quantitative estimate of drug-likeness (QED) is 0.320. The average molecular weight is 551 g/mol. The van der Waals surface area contributed by atoms with Crippen LogP contribution in [0.3, 0.4) is 0 Å². The van der Waals surface area contributed by atoms with Crippen molar-refractivity contribution in [2.75, 3.05) is 31.1 Å². The third kappa shape index (κ3) is 4.44. The van der Waals surface area contributed by atoms with Crippen LogP contribution in [-0.2, 0) is 5.41 Å². The van der Waals surface area contributed by atoms with Crippen LogP contribution in [0, 0.1) is 12.3 Å². The molecule has 8 nitrogen and oxygen atoms in total. The average Bonchev–Trinajstić information content (AvgIpc) is 3.56. The fourth-order valence-electron chi connectivity index (χ4n) is 6.83. The topological polar surface area (TPSA) is 75.9 Å². The lowest BCUT2D eigenvalue weighted by Crippen LogP contribution is -2.69. The van der Waals surface area contributed by atoms with E-state index in [1.807, 2.05) is 36.2 Å². The smallest absolute Gasteiger partial charge is 0.293 e. The Bertz CT molecular complexity index is 1610. The van der Waals surface area contributed by atoms with Crippen LogP contribution >= 0.6 is 0 Å². The summed E-state index contributed by atoms with van der Waals surface area (Å²) in [6, 6.07) is 18.9. The van der Waals surface area contributed by atoms with Crippen molar-refractivity contribution in [2.45, 2.75) is 64.4 Å². The first kappa shape index (κ1) is 26.0. The summed E-state index contributed by atoms with van der Waals surface area (Å²) in [7, 11) is 0. The lowest BCUT2D eigenvalue weighted by molar-refractivity contribution is -0.132. The van der Waals surface area contributed by atoms with Gasteiger partial charge in [0.15, 0.2) is 5.65 Å². The molecule has 1 saturated carbocycles. The molecule has 7 rings (SSSR count). The number of pyridine rings is 2. The summed E-state index contributed by atoms with van der Waals surface area (Å²) in [4.78, 5) is 27.1. The first-order chi connectivity index (χ1) is 19.7. The maximum Gasteiger partial charge on any atom is 0.293 e. The third-order valence-corrected chi connectivity index (χ3v) is 9.59. The van der Waals surface area contributed by atoms with E-state index in [2.05, 4.69) is 77.1 Å². The van der Waals surface area contributed by atoms with Gasteiger partial charge in [0, 0.05) is 48.8 Å². The molecule has 1 aliphatic carbocycles. The van der Waals surface area contributed by atoms with Gasteiger partial charge in [0.05, 0.1) is 11.9 Å². The monoisotopic (exact) mass is 550 g/mol. The molecule has 0 radical (unpaired) electrons. The Morgan fingerprint density at radius 3 is 2.56 bits per heavy atom. The van der Waals surface area contributed by atoms with Gasteiger partial charge < -0.3 is 14.5 Å². The molecular weight excluding hydrogens is 512 g/mol. The van der Waals surface area contributed by atoms with Gasteiger partial charge in [0.25, 0.3) is 5.91 Å². The first-order valence-corrected chi connectivity index (χ1v) is 14.8. The van der Waals surface area contributed by atoms with Crippen LogP contribution in [0.5, 0.6) is 5.88 Å². The molecule has 2 saturated heterocycles. The van der Waals surface area contributed by atoms with Crippen molar-refractivity contribution in [3.05, 3.63) is 83.4 Å². The minimum absolute atomic E-state index is 0.00851. The van der Waals surface area contributed by atoms with E-state index in [0.717, 1.165) is 54.9 Å². The zero-order valence-corrected chi connectivity index (χ0v) is 24.4. The Balaban J connectivity index is 1.03. The highest BCUT2D eigenvalue weighted by molar-refractivity contribution is 5.92. The molecule has 212 valence electrons. The van der Waals surface area contributed by atoms with E-state index >= 15 is 0 Å². The van der Waals surface area contributed by atoms with Gasteiger partial charge in [-0.05, 0) is 55.4 Å². The molecule has 8 heteroatoms. The van der Waals surface area contributed by atoms with Crippen LogP contribution in [0.25, 0.3) is 5.65 Å². The van der Waals surface area contributed by atoms with Crippen molar-refractivity contribution in [3.63, 3.8) is 0 Å². The molecule has 4 aromatic rings. The number of carbonyl (C=O) groups is 1. The van der Waals surface area contributed by atoms with Crippen LogP contribution in [0.15, 0.2) is 60.8 Å². The fourth-order valence-corrected chi connectivity index (χ4v) is 6.83. The zero-order valence-electron chi connectivity index (χ0n) is 24.4. The number of hydrogen-bond donors (Lipinski definition) is 0. The Morgan fingerprint density at radius 1 is 1.02 bits per heavy atom. The number of nitrogens with zero attached hydrogens (tertiary/aromatic N) is 6. The molecule has 1 amide bonds. The number of anilines is 1. The summed E-state index contributed by atoms with van der Waals surface area (Å²) in [5.74, 6) is 1.19. The lowest BCUT2D eigenvalue weighted by atomic mass is 9.61. The molecule has 0 bridgehead atoms. The summed E-state index contributed by atoms with van der Waals surface area (Å²) in [6.45, 7) is 11.9. The van der Waals surface area contributed by atoms with E-state index in [1.165, 1.54) is 5.56 Å². The number of hydrogen-bond acceptors (Lipinski definition) is 6. The number of likely N-dealkylation sites (tertiary alicyclic amines) is 1. The summed E-state index contributed by atoms with van der Waals surface area (Å²) in [5.41, 5.74) is 5.40. The van der Waals surface area contributed by atoms with Crippen molar-refractivity contribution in [3.8, 4) is 5.88 Å². The number of ether oxygens (including phenoxy) is 1. The maximum atomic E-state index is 13.4. The second-order valence-corrected chi connectivity index (χ2v) is 12.9. The summed E-state index contributed by atoms with van der Waals surface area (Å²) in [5, 5.41) is 4.65. The van der Waals surface area contributed by atoms with Crippen LogP contribution in [0.1, 0.15) is 73.4 Å². The summed E-state index contributed by atoms with van der Waals surface area (Å²) >= 11 is 0. The van der Waals surface area contributed by atoms with E-state index in [1.54, 1.807) is 4.52 Å². The van der Waals surface area contributed by atoms with E-state index in [9.17, 15) is 4.79 Å². The molecule has 2 aliphatic heterocycles. The Hall–Kier alpha value is -3.94. The van der Waals surface area contributed by atoms with Crippen molar-refractivity contribution < 1.29 is 9.53 Å². The largest absolute Gasteiger partial charge is 0.474 e. The number of aryl methyl sites for hydroxylation is 1. The van der Waals surface area contributed by atoms with Gasteiger partial charge in [0.1, 0.15) is 6.10 Å². The van der Waals surface area contributed by atoms with Crippen LogP contribution in [-0.4, -0.2) is 62.7 Å². The normalized spacial score (nSPS) is 23.2. The Labute approximate surface area is 241 Å². The van der Waals surface area contributed by atoms with Crippen LogP contribution in [0.2, 0.25) is 0 Å². The standard InChI is InChI=1S/C33H38N6O2/c1-22(2)26-11-8-12-28(34-26)41-27-13-14-33(27)20-38(21-33)31(40)29-35-30-23(3)17-25(18-39(30)36-29)37-16-15-32(4,19-37)24-9-6-5-7-10-24/h5-12,17-18,22,27H,13-16,19-21H2,1-4H3/t27?,32-/m0/s1. The predicted octanol–water partition coefficient (Wildman–Crippen LogP) is 5.41. The van der Waals surface area contributed by atoms with E-state index in [-0.39, 0.29) is 28.7 Å². The minimum Gasteiger partial charge on any atom is -0.474 e. The number of aromatic nitrogens is 4. The van der Waals surface area contributed by atoms with Gasteiger partial charge in [-0.25, -0.2) is 14.5 Å². The van der Waals surface area contributed by atoms with Crippen molar-refractivity contribution in [1.29, 1.82) is 0 Å². The number of fused-ring (bicyclic) bond motifs is 1. The number of benzene rings is 1. The van der Waals surface area contributed by atoms with Crippen LogP contribution in [0.4, 0.5) is 5.69 Å². The van der Waals surface area contributed by atoms with Crippen molar-refractivity contribution >= 4 is 17.2 Å². The Morgan fingerprint density at radius 2 is 1.83 bits per heavy atom. The summed E-state index contributed by atoms with van der Waals surface area (Å²) < 4.78 is 8.10. The van der Waals surface area contributed by atoms with Gasteiger partial charge in [-0.1, -0.05) is 57.2 Å². The molecule has 3 aromatic heterocycles. The van der Waals surface area contributed by atoms with Gasteiger partial charge in [-0.2, -0.15) is 0 Å². The van der Waals surface area contributed by atoms with Crippen molar-refractivity contribution in [2.24, 2.45) is 5.41 Å².